The summed E-state index contributed by atoms with van der Waals surface area (Å²) in [5.41, 5.74) is 1.10. The fraction of sp³-hybridized carbons (Fsp3) is 0.839. The maximum absolute atomic E-state index is 14.1. The molecule has 6 nitrogen and oxygen atoms in total. The van der Waals surface area contributed by atoms with Gasteiger partial charge in [-0.15, -0.1) is 0 Å². The number of rotatable bonds is 6. The Hall–Kier alpha value is -1.85. The largest absolute Gasteiger partial charge is 0.494 e. The van der Waals surface area contributed by atoms with Gasteiger partial charge in [-0.05, 0) is 92.4 Å². The van der Waals surface area contributed by atoms with Gasteiger partial charge in [-0.25, -0.2) is 0 Å². The number of ketones is 1. The van der Waals surface area contributed by atoms with Crippen molar-refractivity contribution >= 4 is 17.7 Å². The first kappa shape index (κ1) is 26.7. The van der Waals surface area contributed by atoms with Gasteiger partial charge in [0.15, 0.2) is 0 Å². The number of allylic oxidation sites excluding steroid dienone is 1. The minimum absolute atomic E-state index is 0.0406. The maximum Gasteiger partial charge on any atom is 0.302 e. The van der Waals surface area contributed by atoms with Gasteiger partial charge < -0.3 is 14.2 Å². The first-order valence-corrected chi connectivity index (χ1v) is 14.6. The lowest BCUT2D eigenvalue weighted by Crippen LogP contribution is -2.57. The highest BCUT2D eigenvalue weighted by Crippen LogP contribution is 2.68. The molecule has 37 heavy (non-hydrogen) atoms. The molecule has 4 saturated carbocycles. The third-order valence-corrected chi connectivity index (χ3v) is 11.5. The Labute approximate surface area is 222 Å². The van der Waals surface area contributed by atoms with Crippen molar-refractivity contribution < 1.29 is 28.6 Å². The molecule has 4 fully saturated rings. The van der Waals surface area contributed by atoms with E-state index in [-0.39, 0.29) is 46.8 Å². The van der Waals surface area contributed by atoms with Crippen molar-refractivity contribution in [1.82, 2.24) is 0 Å². The van der Waals surface area contributed by atoms with E-state index in [4.69, 9.17) is 14.2 Å². The third kappa shape index (κ3) is 4.44. The van der Waals surface area contributed by atoms with Crippen molar-refractivity contribution in [2.24, 2.45) is 46.3 Å². The molecular weight excluding hydrogens is 468 g/mol. The normalized spacial score (nSPS) is 43.2. The Bertz CT molecular complexity index is 984. The summed E-state index contributed by atoms with van der Waals surface area (Å²) in [5.74, 6) is 3.49. The first-order chi connectivity index (χ1) is 17.4. The Morgan fingerprint density at radius 3 is 2.54 bits per heavy atom. The molecular formula is C31H46O6. The van der Waals surface area contributed by atoms with Crippen molar-refractivity contribution in [2.75, 3.05) is 6.61 Å². The maximum atomic E-state index is 14.1. The van der Waals surface area contributed by atoms with Gasteiger partial charge in [0.25, 0.3) is 0 Å². The molecule has 5 aliphatic rings. The van der Waals surface area contributed by atoms with E-state index < -0.39 is 0 Å². The predicted octanol–water partition coefficient (Wildman–Crippen LogP) is 6.02. The van der Waals surface area contributed by atoms with E-state index in [1.54, 1.807) is 0 Å². The van der Waals surface area contributed by atoms with E-state index in [1.807, 2.05) is 0 Å². The molecule has 0 N–H and O–H groups in total. The number of carbonyl (C=O) groups is 3. The number of hydrogen-bond acceptors (Lipinski definition) is 6. The molecule has 0 aromatic carbocycles. The van der Waals surface area contributed by atoms with E-state index >= 15 is 0 Å². The molecule has 4 aliphatic carbocycles. The molecule has 206 valence electrons. The smallest absolute Gasteiger partial charge is 0.302 e. The van der Waals surface area contributed by atoms with Gasteiger partial charge in [0.05, 0.1) is 12.4 Å². The highest BCUT2D eigenvalue weighted by atomic mass is 16.5. The molecule has 0 saturated heterocycles. The molecule has 0 aromatic rings. The summed E-state index contributed by atoms with van der Waals surface area (Å²) >= 11 is 0. The average molecular weight is 515 g/mol. The first-order valence-electron chi connectivity index (χ1n) is 14.6. The Balaban J connectivity index is 1.30. The van der Waals surface area contributed by atoms with Crippen LogP contribution in [0.1, 0.15) is 99.3 Å². The zero-order valence-electron chi connectivity index (χ0n) is 23.6. The van der Waals surface area contributed by atoms with Crippen LogP contribution in [0.4, 0.5) is 0 Å². The molecule has 5 rings (SSSR count). The lowest BCUT2D eigenvalue weighted by molar-refractivity contribution is -0.165. The minimum atomic E-state index is -0.334. The number of fused-ring (bicyclic) bond motifs is 7. The highest BCUT2D eigenvalue weighted by Gasteiger charge is 2.67. The van der Waals surface area contributed by atoms with Gasteiger partial charge in [-0.3, -0.25) is 14.4 Å². The molecule has 10 atom stereocenters. The molecule has 1 heterocycles. The second-order valence-corrected chi connectivity index (χ2v) is 13.5. The van der Waals surface area contributed by atoms with Crippen molar-refractivity contribution in [3.05, 3.63) is 11.3 Å². The van der Waals surface area contributed by atoms with Crippen LogP contribution in [0, 0.1) is 46.3 Å². The topological polar surface area (TPSA) is 78.9 Å². The fourth-order valence-corrected chi connectivity index (χ4v) is 9.55. The number of hydrogen-bond donors (Lipinski definition) is 0. The van der Waals surface area contributed by atoms with Gasteiger partial charge in [0.2, 0.25) is 0 Å². The quantitative estimate of drug-likeness (QED) is 0.404. The zero-order chi connectivity index (χ0) is 26.7. The van der Waals surface area contributed by atoms with Gasteiger partial charge in [0.1, 0.15) is 18.0 Å². The summed E-state index contributed by atoms with van der Waals surface area (Å²) in [6.07, 6.45) is 8.83. The Morgan fingerprint density at radius 1 is 1.08 bits per heavy atom. The minimum Gasteiger partial charge on any atom is -0.494 e. The molecule has 0 amide bonds. The summed E-state index contributed by atoms with van der Waals surface area (Å²) < 4.78 is 17.4. The van der Waals surface area contributed by atoms with Crippen LogP contribution in [0.25, 0.3) is 0 Å². The van der Waals surface area contributed by atoms with Crippen LogP contribution >= 0.6 is 0 Å². The third-order valence-electron chi connectivity index (χ3n) is 11.5. The Morgan fingerprint density at radius 2 is 1.84 bits per heavy atom. The monoisotopic (exact) mass is 514 g/mol. The van der Waals surface area contributed by atoms with E-state index in [9.17, 15) is 14.4 Å². The van der Waals surface area contributed by atoms with E-state index in [2.05, 4.69) is 27.7 Å². The van der Waals surface area contributed by atoms with E-state index in [0.717, 1.165) is 44.3 Å². The van der Waals surface area contributed by atoms with Gasteiger partial charge in [-0.2, -0.15) is 0 Å². The average Bonchev–Trinajstić information content (AvgIpc) is 3.31. The van der Waals surface area contributed by atoms with Gasteiger partial charge in [0, 0.05) is 38.0 Å². The van der Waals surface area contributed by atoms with Crippen LogP contribution in [0.3, 0.4) is 0 Å². The summed E-state index contributed by atoms with van der Waals surface area (Å²) in [6.45, 7) is 12.4. The fourth-order valence-electron chi connectivity index (χ4n) is 9.55. The number of ether oxygens (including phenoxy) is 3. The second-order valence-electron chi connectivity index (χ2n) is 13.5. The number of carbonyl (C=O) groups excluding carboxylic acids is 3. The summed E-state index contributed by atoms with van der Waals surface area (Å²) in [5, 5.41) is 0. The Kier molecular flexibility index (Phi) is 7.02. The van der Waals surface area contributed by atoms with Crippen molar-refractivity contribution in [2.45, 2.75) is 112 Å². The van der Waals surface area contributed by atoms with E-state index in [1.165, 1.54) is 32.3 Å². The molecule has 0 unspecified atom stereocenters. The highest BCUT2D eigenvalue weighted by molar-refractivity contribution is 5.87. The molecule has 0 radical (unpaired) electrons. The summed E-state index contributed by atoms with van der Waals surface area (Å²) in [6, 6.07) is 0. The van der Waals surface area contributed by atoms with Crippen LogP contribution < -0.4 is 0 Å². The van der Waals surface area contributed by atoms with Gasteiger partial charge in [-0.1, -0.05) is 20.8 Å². The van der Waals surface area contributed by atoms with Crippen LogP contribution in [-0.2, 0) is 28.6 Å². The number of esters is 2. The predicted molar refractivity (Wildman–Crippen MR) is 139 cm³/mol. The lowest BCUT2D eigenvalue weighted by atomic mass is 9.44. The van der Waals surface area contributed by atoms with Crippen molar-refractivity contribution in [1.29, 1.82) is 0 Å². The van der Waals surface area contributed by atoms with Crippen LogP contribution in [0.15, 0.2) is 11.3 Å². The SMILES string of the molecule is CC(=O)OC[C@H](C)CCC1=C(C)[C@H]2[C@@H](C[C@H]3[C@@H]4CC[C@@H]5C[C@H](OC(C)=O)CC[C@]5(C)[C@@H]4CC(=O)[C@@]32C)O1. The lowest BCUT2D eigenvalue weighted by Gasteiger charge is -2.60. The van der Waals surface area contributed by atoms with Crippen LogP contribution in [0.5, 0.6) is 0 Å². The zero-order valence-corrected chi connectivity index (χ0v) is 23.6. The number of Topliss-reactive ketones (excluding diaryl/α,β-unsaturated/α-hetero) is 1. The second kappa shape index (κ2) is 9.72. The molecule has 6 heteroatoms. The molecule has 0 aromatic heterocycles. The van der Waals surface area contributed by atoms with Gasteiger partial charge >= 0.3 is 11.9 Å². The van der Waals surface area contributed by atoms with E-state index in [0.29, 0.717) is 42.5 Å². The van der Waals surface area contributed by atoms with Crippen LogP contribution in [-0.4, -0.2) is 36.5 Å². The standard InChI is InChI=1S/C31H46O6/c1-17(16-35-19(3)32)7-10-26-18(2)29-27(37-26)14-25-23-9-8-21-13-22(36-20(4)33)11-12-30(21,5)24(23)15-28(34)31(25,29)6/h17,21-25,27,29H,7-16H2,1-6H3/t17-,21-,22-,23-,24-,25+,27-,29+,30+,31-/m1/s1. The summed E-state index contributed by atoms with van der Waals surface area (Å²) in [4.78, 5) is 36.8. The molecule has 0 bridgehead atoms. The van der Waals surface area contributed by atoms with Crippen molar-refractivity contribution in [3.63, 3.8) is 0 Å². The van der Waals surface area contributed by atoms with Crippen molar-refractivity contribution in [3.8, 4) is 0 Å². The molecule has 1 aliphatic heterocycles. The summed E-state index contributed by atoms with van der Waals surface area (Å²) in [7, 11) is 0. The molecule has 0 spiro atoms. The van der Waals surface area contributed by atoms with Crippen LogP contribution in [0.2, 0.25) is 0 Å².